The maximum Gasteiger partial charge on any atom is 0.248 e. The molecule has 3 unspecified atom stereocenters. The maximum absolute atomic E-state index is 15.1. The molecule has 0 heterocycles. The highest BCUT2D eigenvalue weighted by atomic mass is 16.5. The highest BCUT2D eigenvalue weighted by Crippen LogP contribution is 2.22. The number of nitrogens with two attached hydrogens (primary N) is 1. The minimum Gasteiger partial charge on any atom is -0.391 e. The summed E-state index contributed by atoms with van der Waals surface area (Å²) in [5, 5.41) is 29.4. The van der Waals surface area contributed by atoms with Crippen molar-refractivity contribution in [2.75, 3.05) is 75.1 Å². The van der Waals surface area contributed by atoms with E-state index in [2.05, 4.69) is 35.7 Å². The quantitative estimate of drug-likeness (QED) is 0.0286. The smallest absolute Gasteiger partial charge is 0.248 e. The number of amides is 11. The lowest BCUT2D eigenvalue weighted by molar-refractivity contribution is -0.151. The van der Waals surface area contributed by atoms with Crippen molar-refractivity contribution in [2.45, 2.75) is 207 Å². The van der Waals surface area contributed by atoms with Crippen molar-refractivity contribution in [3.05, 3.63) is 73.9 Å². The van der Waals surface area contributed by atoms with Gasteiger partial charge in [0.25, 0.3) is 0 Å². The molecule has 0 bridgehead atoms. The molecule has 11 amide bonds. The first-order chi connectivity index (χ1) is 45.2. The highest BCUT2D eigenvalue weighted by Gasteiger charge is 2.41. The highest BCUT2D eigenvalue weighted by molar-refractivity contribution is 5.98. The average Bonchev–Trinajstić information content (AvgIpc) is 0.836. The number of nitrogens with one attached hydrogen (secondary N) is 3. The van der Waals surface area contributed by atoms with Crippen LogP contribution in [0, 0.1) is 23.7 Å². The molecule has 0 aromatic rings. The van der Waals surface area contributed by atoms with Gasteiger partial charge >= 0.3 is 0 Å². The van der Waals surface area contributed by atoms with Gasteiger partial charge in [-0.1, -0.05) is 143 Å². The number of primary amides is 1. The summed E-state index contributed by atoms with van der Waals surface area (Å²) in [5.74, 6) is -8.36. The molecule has 0 saturated carbocycles. The molecule has 0 aromatic carbocycles. The van der Waals surface area contributed by atoms with Crippen molar-refractivity contribution >= 4 is 71.3 Å². The second-order valence-electron chi connectivity index (χ2n) is 27.1. The van der Waals surface area contributed by atoms with Crippen molar-refractivity contribution in [1.82, 2.24) is 50.2 Å². The monoisotopic (exact) mass is 1370 g/mol. The van der Waals surface area contributed by atoms with E-state index in [1.165, 1.54) is 65.1 Å². The second-order valence-corrected chi connectivity index (χ2v) is 27.1. The summed E-state index contributed by atoms with van der Waals surface area (Å²) in [7, 11) is 8.22. The fourth-order valence-corrected chi connectivity index (χ4v) is 10.2. The van der Waals surface area contributed by atoms with Crippen molar-refractivity contribution in [2.24, 2.45) is 29.4 Å². The Bertz CT molecular complexity index is 2740. The van der Waals surface area contributed by atoms with Crippen LogP contribution >= 0.6 is 0 Å². The molecule has 26 nitrogen and oxygen atoms in total. The maximum atomic E-state index is 15.1. The standard InChI is InChI=1S/C71H119N11O15/c1-22-26-28-29-30-32-54(64(72)89)77(17)62(88)43-82(34-24-3)60(86)41-52(44-83)73-65(90)56(37-47(7)8)80(20)68(93)53(45-97-35-33-71(14,15)96)74-66(91)57(38-48(9)10)81(21)69(94)58(39-50(12)31-27-23-2)79(19)61(87)42-76(16)70(95)63(51(13)84)75-67(92)55(36-46(5)6)78(18)59(85)40-49(11)25-4/h22-23,26-31,44,46-49,51-58,63,84,96H,1-2,12,24-25,32-43,45H2,3-11,13-21H3,(H2,72,89)(H,73,90)(H,74,91)(H,75,92)/b28-26-,30-29+,31-27-/t49-,51?,52?,53-,54-,55-,56-,57-,58-,63?/m0/s1. The zero-order valence-electron chi connectivity index (χ0n) is 61.3. The molecule has 0 spiro atoms. The number of aliphatic hydroxyl groups excluding tert-OH is 1. The average molecular weight is 1370 g/mol. The van der Waals surface area contributed by atoms with Gasteiger partial charge in [-0.25, -0.2) is 0 Å². The molecular weight excluding hydrogens is 1250 g/mol. The Balaban J connectivity index is 7.31. The molecule has 0 radical (unpaired) electrons. The van der Waals surface area contributed by atoms with E-state index < -0.39 is 145 Å². The van der Waals surface area contributed by atoms with Crippen LogP contribution in [-0.2, 0) is 62.3 Å². The largest absolute Gasteiger partial charge is 0.391 e. The van der Waals surface area contributed by atoms with Gasteiger partial charge in [0.2, 0.25) is 65.0 Å². The molecule has 0 saturated heterocycles. The minimum atomic E-state index is -1.55. The zero-order chi connectivity index (χ0) is 74.8. The molecule has 0 aromatic heterocycles. The molecule has 97 heavy (non-hydrogen) atoms. The zero-order valence-corrected chi connectivity index (χ0v) is 61.3. The van der Waals surface area contributed by atoms with E-state index in [0.29, 0.717) is 18.3 Å². The third-order valence-electron chi connectivity index (χ3n) is 16.4. The number of allylic oxidation sites excluding steroid dienone is 7. The predicted molar refractivity (Wildman–Crippen MR) is 375 cm³/mol. The van der Waals surface area contributed by atoms with Crippen LogP contribution < -0.4 is 21.7 Å². The Morgan fingerprint density at radius 1 is 0.588 bits per heavy atom. The SMILES string of the molecule is C=C/C=C\C=C\C[C@@H](C(N)=O)N(C)C(=O)CN(CCC)C(=O)CC(C=O)NC(=O)[C@H](CC(C)C)N(C)C(=O)[C@H](COCCC(C)(C)O)NC(=O)[C@H](CC(C)C)N(C)C(=O)[C@H](CC(=C)/C=C\C=C)N(C)C(=O)CN(C)C(=O)C(NC(=O)[C@H](CC(C)C)N(C)C(=O)C[C@@H](C)CC)C(C)O. The van der Waals surface area contributed by atoms with E-state index in [9.17, 15) is 63.0 Å². The first kappa shape index (κ1) is 89.2. The predicted octanol–water partition coefficient (Wildman–Crippen LogP) is 3.86. The molecule has 26 heteroatoms. The first-order valence-electron chi connectivity index (χ1n) is 33.5. The van der Waals surface area contributed by atoms with Gasteiger partial charge in [-0.2, -0.15) is 0 Å². The van der Waals surface area contributed by atoms with Crippen molar-refractivity contribution in [1.29, 1.82) is 0 Å². The van der Waals surface area contributed by atoms with E-state index >= 15 is 4.79 Å². The Labute approximate surface area is 577 Å². The Hall–Kier alpha value is -7.84. The van der Waals surface area contributed by atoms with E-state index in [1.807, 2.05) is 27.7 Å². The van der Waals surface area contributed by atoms with Gasteiger partial charge in [-0.15, -0.1) is 0 Å². The number of nitrogens with zero attached hydrogens (tertiary/aromatic N) is 7. The number of aliphatic hydroxyl groups is 2. The Morgan fingerprint density at radius 2 is 1.08 bits per heavy atom. The third-order valence-corrected chi connectivity index (χ3v) is 16.4. The van der Waals surface area contributed by atoms with Gasteiger partial charge in [-0.3, -0.25) is 52.7 Å². The van der Waals surface area contributed by atoms with Gasteiger partial charge in [0.1, 0.15) is 48.6 Å². The van der Waals surface area contributed by atoms with Crippen LogP contribution in [0.25, 0.3) is 0 Å². The van der Waals surface area contributed by atoms with Crippen molar-refractivity contribution in [3.8, 4) is 0 Å². The van der Waals surface area contributed by atoms with Crippen LogP contribution in [0.5, 0.6) is 0 Å². The van der Waals surface area contributed by atoms with Crippen LogP contribution in [0.4, 0.5) is 0 Å². The summed E-state index contributed by atoms with van der Waals surface area (Å²) in [6.45, 7) is 30.8. The van der Waals surface area contributed by atoms with Crippen LogP contribution in [0.3, 0.4) is 0 Å². The lowest BCUT2D eigenvalue weighted by atomic mass is 9.98. The van der Waals surface area contributed by atoms with Gasteiger partial charge in [-0.05, 0) is 83.0 Å². The number of carbonyl (C=O) groups is 12. The molecule has 0 aliphatic carbocycles. The van der Waals surface area contributed by atoms with Crippen molar-refractivity contribution < 1.29 is 72.5 Å². The van der Waals surface area contributed by atoms with Gasteiger partial charge < -0.3 is 75.7 Å². The summed E-state index contributed by atoms with van der Waals surface area (Å²) in [6.07, 6.45) is 12.8. The fourth-order valence-electron chi connectivity index (χ4n) is 10.2. The molecule has 7 N–H and O–H groups in total. The number of ether oxygens (including phenoxy) is 1. The number of hydrogen-bond acceptors (Lipinski definition) is 15. The number of aldehydes is 1. The summed E-state index contributed by atoms with van der Waals surface area (Å²) >= 11 is 0. The molecule has 0 rings (SSSR count). The number of hydrogen-bond donors (Lipinski definition) is 6. The molecule has 0 aliphatic heterocycles. The summed E-state index contributed by atoms with van der Waals surface area (Å²) < 4.78 is 5.93. The number of likely N-dealkylation sites (N-methyl/N-ethyl adjacent to an activating group) is 6. The summed E-state index contributed by atoms with van der Waals surface area (Å²) in [4.78, 5) is 176. The van der Waals surface area contributed by atoms with E-state index in [-0.39, 0.29) is 87.7 Å². The Morgan fingerprint density at radius 3 is 1.57 bits per heavy atom. The van der Waals surface area contributed by atoms with Gasteiger partial charge in [0.05, 0.1) is 43.9 Å². The summed E-state index contributed by atoms with van der Waals surface area (Å²) in [5.41, 5.74) is 4.83. The van der Waals surface area contributed by atoms with Crippen LogP contribution in [0.2, 0.25) is 0 Å². The topological polar surface area (TPSA) is 339 Å². The number of rotatable bonds is 47. The Kier molecular flexibility index (Phi) is 41.3. The molecule has 10 atom stereocenters. The molecular formula is C71H119N11O15. The lowest BCUT2D eigenvalue weighted by Crippen LogP contribution is -2.61. The van der Waals surface area contributed by atoms with Gasteiger partial charge in [0.15, 0.2) is 0 Å². The fraction of sp³-hybridized carbons (Fsp3) is 0.662. The van der Waals surface area contributed by atoms with E-state index in [0.717, 1.165) is 30.9 Å². The third kappa shape index (κ3) is 32.4. The normalized spacial score (nSPS) is 14.8. The van der Waals surface area contributed by atoms with Crippen LogP contribution in [-0.4, -0.2) is 251 Å². The second kappa shape index (κ2) is 44.9. The first-order valence-corrected chi connectivity index (χ1v) is 33.5. The van der Waals surface area contributed by atoms with Crippen molar-refractivity contribution in [3.63, 3.8) is 0 Å². The lowest BCUT2D eigenvalue weighted by Gasteiger charge is -2.37. The van der Waals surface area contributed by atoms with Crippen LogP contribution in [0.1, 0.15) is 147 Å². The minimum absolute atomic E-state index is 0.0144. The molecule has 0 fully saturated rings. The summed E-state index contributed by atoms with van der Waals surface area (Å²) in [6, 6.07) is -10.6. The molecule has 0 aliphatic rings. The van der Waals surface area contributed by atoms with E-state index in [1.54, 1.807) is 91.0 Å². The van der Waals surface area contributed by atoms with Gasteiger partial charge in [0, 0.05) is 68.3 Å². The van der Waals surface area contributed by atoms with E-state index in [4.69, 9.17) is 10.5 Å². The molecule has 548 valence electrons. The number of carbonyl (C=O) groups excluding carboxylic acids is 12. The van der Waals surface area contributed by atoms with Crippen LogP contribution in [0.15, 0.2) is 73.9 Å².